The number of amides is 1. The van der Waals surface area contributed by atoms with Crippen molar-refractivity contribution in [3.63, 3.8) is 0 Å². The first kappa shape index (κ1) is 16.2. The van der Waals surface area contributed by atoms with Gasteiger partial charge in [-0.25, -0.2) is 0 Å². The van der Waals surface area contributed by atoms with Gasteiger partial charge in [0.1, 0.15) is 6.61 Å². The van der Waals surface area contributed by atoms with Crippen LogP contribution in [0.15, 0.2) is 60.0 Å². The highest BCUT2D eigenvalue weighted by Crippen LogP contribution is 2.19. The monoisotopic (exact) mass is 339 g/mol. The molecule has 0 unspecified atom stereocenters. The molecule has 1 N–H and O–H groups in total. The summed E-state index contributed by atoms with van der Waals surface area (Å²) in [6.07, 6.45) is 0.155. The number of rotatable bonds is 6. The maximum Gasteiger partial charge on any atom is 0.307 e. The molecular weight excluding hydrogens is 322 g/mol. The fraction of sp³-hybridized carbons (Fsp3) is 0.158. The topological polar surface area (TPSA) is 55.4 Å². The summed E-state index contributed by atoms with van der Waals surface area (Å²) < 4.78 is 5.32. The number of hydrogen-bond acceptors (Lipinski definition) is 4. The molecule has 0 saturated heterocycles. The third-order valence-electron chi connectivity index (χ3n) is 3.63. The van der Waals surface area contributed by atoms with Crippen molar-refractivity contribution in [2.45, 2.75) is 13.0 Å². The summed E-state index contributed by atoms with van der Waals surface area (Å²) in [5, 5.41) is 6.76. The summed E-state index contributed by atoms with van der Waals surface area (Å²) in [7, 11) is 0. The van der Waals surface area contributed by atoms with Crippen LogP contribution in [-0.4, -0.2) is 18.4 Å². The Morgan fingerprint density at radius 2 is 1.83 bits per heavy atom. The van der Waals surface area contributed by atoms with Gasteiger partial charge < -0.3 is 10.1 Å². The van der Waals surface area contributed by atoms with E-state index < -0.39 is 0 Å². The lowest BCUT2D eigenvalue weighted by molar-refractivity contribution is -0.144. The number of carbonyl (C=O) groups excluding carboxylic acids is 2. The molecule has 0 aliphatic carbocycles. The van der Waals surface area contributed by atoms with Gasteiger partial charge in [-0.15, -0.1) is 11.3 Å². The van der Waals surface area contributed by atoms with E-state index in [2.05, 4.69) is 5.32 Å². The normalized spacial score (nSPS) is 10.5. The van der Waals surface area contributed by atoms with E-state index in [4.69, 9.17) is 4.74 Å². The van der Waals surface area contributed by atoms with Crippen LogP contribution in [-0.2, 0) is 16.1 Å². The number of benzene rings is 2. The van der Waals surface area contributed by atoms with Crippen LogP contribution in [0, 0.1) is 0 Å². The molecule has 0 atom stereocenters. The van der Waals surface area contributed by atoms with Crippen LogP contribution in [0.25, 0.3) is 10.8 Å². The lowest BCUT2D eigenvalue weighted by Gasteiger charge is -2.08. The van der Waals surface area contributed by atoms with E-state index in [-0.39, 0.29) is 31.4 Å². The maximum absolute atomic E-state index is 11.8. The predicted molar refractivity (Wildman–Crippen MR) is 95.0 cm³/mol. The lowest BCUT2D eigenvalue weighted by atomic mass is 10.1. The third kappa shape index (κ3) is 4.00. The van der Waals surface area contributed by atoms with E-state index >= 15 is 0 Å². The number of esters is 1. The van der Waals surface area contributed by atoms with Crippen molar-refractivity contribution in [2.24, 2.45) is 0 Å². The SMILES string of the molecule is O=C(CCNC(=O)c1cccs1)OCc1cccc2ccccc12. The molecule has 1 aromatic heterocycles. The van der Waals surface area contributed by atoms with Gasteiger partial charge in [-0.2, -0.15) is 0 Å². The largest absolute Gasteiger partial charge is 0.461 e. The van der Waals surface area contributed by atoms with Gasteiger partial charge in [0.05, 0.1) is 11.3 Å². The molecule has 0 fully saturated rings. The number of nitrogens with one attached hydrogen (secondary N) is 1. The van der Waals surface area contributed by atoms with Crippen LogP contribution >= 0.6 is 11.3 Å². The van der Waals surface area contributed by atoms with E-state index in [0.717, 1.165) is 16.3 Å². The van der Waals surface area contributed by atoms with Crippen LogP contribution in [0.1, 0.15) is 21.7 Å². The lowest BCUT2D eigenvalue weighted by Crippen LogP contribution is -2.25. The molecule has 3 aromatic rings. The Labute approximate surface area is 144 Å². The molecule has 5 heteroatoms. The summed E-state index contributed by atoms with van der Waals surface area (Å²) in [6.45, 7) is 0.504. The van der Waals surface area contributed by atoms with Gasteiger partial charge in [0.15, 0.2) is 0 Å². The zero-order valence-electron chi connectivity index (χ0n) is 13.0. The van der Waals surface area contributed by atoms with E-state index in [1.54, 1.807) is 6.07 Å². The van der Waals surface area contributed by atoms with Crippen LogP contribution in [0.4, 0.5) is 0 Å². The molecule has 2 aromatic carbocycles. The van der Waals surface area contributed by atoms with Gasteiger partial charge in [-0.05, 0) is 27.8 Å². The molecular formula is C19H17NO3S. The van der Waals surface area contributed by atoms with Crippen molar-refractivity contribution >= 4 is 34.0 Å². The van der Waals surface area contributed by atoms with Gasteiger partial charge in [-0.1, -0.05) is 48.5 Å². The van der Waals surface area contributed by atoms with Crippen LogP contribution in [0.5, 0.6) is 0 Å². The molecule has 0 saturated carbocycles. The van der Waals surface area contributed by atoms with Crippen molar-refractivity contribution in [3.8, 4) is 0 Å². The molecule has 0 bridgehead atoms. The summed E-state index contributed by atoms with van der Waals surface area (Å²) in [6, 6.07) is 17.5. The van der Waals surface area contributed by atoms with Gasteiger partial charge in [0, 0.05) is 6.54 Å². The standard InChI is InChI=1S/C19H17NO3S/c21-18(10-11-20-19(22)17-9-4-12-24-17)23-13-15-7-3-6-14-5-1-2-8-16(14)15/h1-9,12H,10-11,13H2,(H,20,22). The second-order valence-corrected chi connectivity index (χ2v) is 6.23. The van der Waals surface area contributed by atoms with Crippen molar-refractivity contribution < 1.29 is 14.3 Å². The van der Waals surface area contributed by atoms with Crippen molar-refractivity contribution in [2.75, 3.05) is 6.54 Å². The summed E-state index contributed by atoms with van der Waals surface area (Å²) in [5.74, 6) is -0.485. The highest BCUT2D eigenvalue weighted by Gasteiger charge is 2.09. The average Bonchev–Trinajstić information content (AvgIpc) is 3.14. The average molecular weight is 339 g/mol. The zero-order chi connectivity index (χ0) is 16.8. The second-order valence-electron chi connectivity index (χ2n) is 5.28. The fourth-order valence-electron chi connectivity index (χ4n) is 2.42. The minimum Gasteiger partial charge on any atom is -0.461 e. The number of thiophene rings is 1. The molecule has 24 heavy (non-hydrogen) atoms. The molecule has 4 nitrogen and oxygen atoms in total. The zero-order valence-corrected chi connectivity index (χ0v) is 13.8. The highest BCUT2D eigenvalue weighted by molar-refractivity contribution is 7.12. The minimum absolute atomic E-state index is 0.155. The Kier molecular flexibility index (Phi) is 5.23. The number of ether oxygens (including phenoxy) is 1. The van der Waals surface area contributed by atoms with Gasteiger partial charge in [0.25, 0.3) is 5.91 Å². The fourth-order valence-corrected chi connectivity index (χ4v) is 3.06. The molecule has 122 valence electrons. The quantitative estimate of drug-likeness (QED) is 0.696. The Bertz CT molecular complexity index is 837. The predicted octanol–water partition coefficient (Wildman–Crippen LogP) is 3.76. The van der Waals surface area contributed by atoms with Crippen molar-refractivity contribution in [3.05, 3.63) is 70.4 Å². The molecule has 0 radical (unpaired) electrons. The first-order valence-corrected chi connectivity index (χ1v) is 8.56. The summed E-state index contributed by atoms with van der Waals surface area (Å²) >= 11 is 1.37. The molecule has 1 heterocycles. The van der Waals surface area contributed by atoms with Crippen LogP contribution < -0.4 is 5.32 Å². The molecule has 1 amide bonds. The Hall–Kier alpha value is -2.66. The Balaban J connectivity index is 1.48. The van der Waals surface area contributed by atoms with Gasteiger partial charge >= 0.3 is 5.97 Å². The summed E-state index contributed by atoms with van der Waals surface area (Å²) in [5.41, 5.74) is 0.976. The van der Waals surface area contributed by atoms with Crippen LogP contribution in [0.3, 0.4) is 0 Å². The van der Waals surface area contributed by atoms with E-state index in [9.17, 15) is 9.59 Å². The second kappa shape index (κ2) is 7.75. The van der Waals surface area contributed by atoms with Crippen molar-refractivity contribution in [1.29, 1.82) is 0 Å². The van der Waals surface area contributed by atoms with Gasteiger partial charge in [0.2, 0.25) is 0 Å². The van der Waals surface area contributed by atoms with Crippen LogP contribution in [0.2, 0.25) is 0 Å². The molecule has 0 aliphatic heterocycles. The van der Waals surface area contributed by atoms with E-state index in [0.29, 0.717) is 4.88 Å². The van der Waals surface area contributed by atoms with Crippen molar-refractivity contribution in [1.82, 2.24) is 5.32 Å². The van der Waals surface area contributed by atoms with E-state index in [1.165, 1.54) is 11.3 Å². The first-order chi connectivity index (χ1) is 11.7. The number of hydrogen-bond donors (Lipinski definition) is 1. The minimum atomic E-state index is -0.325. The number of carbonyl (C=O) groups is 2. The Morgan fingerprint density at radius 3 is 2.67 bits per heavy atom. The van der Waals surface area contributed by atoms with E-state index in [1.807, 2.05) is 53.9 Å². The molecule has 0 aliphatic rings. The first-order valence-electron chi connectivity index (χ1n) is 7.68. The number of fused-ring (bicyclic) bond motifs is 1. The molecule has 3 rings (SSSR count). The maximum atomic E-state index is 11.8. The highest BCUT2D eigenvalue weighted by atomic mass is 32.1. The third-order valence-corrected chi connectivity index (χ3v) is 4.50. The molecule has 0 spiro atoms. The van der Waals surface area contributed by atoms with Gasteiger partial charge in [-0.3, -0.25) is 9.59 Å². The summed E-state index contributed by atoms with van der Waals surface area (Å²) in [4.78, 5) is 24.2. The smallest absolute Gasteiger partial charge is 0.307 e. The Morgan fingerprint density at radius 1 is 1.00 bits per heavy atom.